The van der Waals surface area contributed by atoms with Gasteiger partial charge in [-0.15, -0.1) is 24.0 Å². The van der Waals surface area contributed by atoms with Crippen molar-refractivity contribution >= 4 is 35.9 Å². The van der Waals surface area contributed by atoms with Crippen LogP contribution >= 0.6 is 24.0 Å². The largest absolute Gasteiger partial charge is 0.433 e. The number of anilines is 1. The highest BCUT2D eigenvalue weighted by atomic mass is 127. The summed E-state index contributed by atoms with van der Waals surface area (Å²) in [5, 5.41) is 13.4. The fourth-order valence-electron chi connectivity index (χ4n) is 2.50. The topological polar surface area (TPSA) is 92.0 Å². The predicted octanol–water partition coefficient (Wildman–Crippen LogP) is 2.63. The summed E-state index contributed by atoms with van der Waals surface area (Å²) in [6, 6.07) is 0.835. The van der Waals surface area contributed by atoms with Crippen LogP contribution in [0.15, 0.2) is 17.3 Å². The van der Waals surface area contributed by atoms with Gasteiger partial charge in [0, 0.05) is 44.1 Å². The van der Waals surface area contributed by atoms with E-state index in [1.165, 1.54) is 0 Å². The molecule has 0 aliphatic carbocycles. The first kappa shape index (κ1) is 24.9. The molecule has 2 rings (SSSR count). The number of hydrogen-bond donors (Lipinski definition) is 3. The number of guanidine groups is 1. The van der Waals surface area contributed by atoms with E-state index in [-0.39, 0.29) is 29.9 Å². The minimum atomic E-state index is -4.49. The fraction of sp³-hybridized carbons (Fsp3) is 0.529. The van der Waals surface area contributed by atoms with Crippen molar-refractivity contribution in [2.45, 2.75) is 33.5 Å². The second-order valence-electron chi connectivity index (χ2n) is 6.08. The van der Waals surface area contributed by atoms with Crippen molar-refractivity contribution in [2.75, 3.05) is 25.0 Å². The van der Waals surface area contributed by atoms with Crippen LogP contribution in [0.25, 0.3) is 0 Å². The molecule has 0 amide bonds. The van der Waals surface area contributed by atoms with Gasteiger partial charge in [-0.25, -0.2) is 15.0 Å². The second-order valence-corrected chi connectivity index (χ2v) is 6.08. The highest BCUT2D eigenvalue weighted by Crippen LogP contribution is 2.27. The van der Waals surface area contributed by atoms with Crippen molar-refractivity contribution in [3.05, 3.63) is 34.9 Å². The molecular formula is C17H26F3IN8. The summed E-state index contributed by atoms with van der Waals surface area (Å²) in [4.78, 5) is 11.8. The van der Waals surface area contributed by atoms with E-state index in [2.05, 4.69) is 36.0 Å². The maximum absolute atomic E-state index is 12.7. The van der Waals surface area contributed by atoms with Crippen molar-refractivity contribution in [3.8, 4) is 0 Å². The Labute approximate surface area is 184 Å². The average molecular weight is 526 g/mol. The molecule has 0 fully saturated rings. The number of aryl methyl sites for hydroxylation is 2. The number of rotatable bonds is 7. The summed E-state index contributed by atoms with van der Waals surface area (Å²) in [6.07, 6.45) is -3.42. The van der Waals surface area contributed by atoms with Crippen LogP contribution in [0.1, 0.15) is 29.6 Å². The first-order valence-corrected chi connectivity index (χ1v) is 8.87. The molecule has 12 heteroatoms. The molecule has 0 bridgehead atoms. The quantitative estimate of drug-likeness (QED) is 0.223. The minimum Gasteiger partial charge on any atom is -0.357 e. The van der Waals surface area contributed by atoms with Crippen LogP contribution in [0.3, 0.4) is 0 Å². The van der Waals surface area contributed by atoms with E-state index in [1.807, 2.05) is 32.5 Å². The SMILES string of the molecule is CCNC(=NCc1c(C)nn(C)c1C)NCCNc1nccc(C(F)(F)F)n1.I. The van der Waals surface area contributed by atoms with Gasteiger partial charge in [0.05, 0.1) is 12.2 Å². The van der Waals surface area contributed by atoms with Gasteiger partial charge in [0.15, 0.2) is 5.96 Å². The zero-order valence-electron chi connectivity index (χ0n) is 16.8. The van der Waals surface area contributed by atoms with Gasteiger partial charge in [0.2, 0.25) is 5.95 Å². The highest BCUT2D eigenvalue weighted by molar-refractivity contribution is 14.0. The molecule has 8 nitrogen and oxygen atoms in total. The number of aromatic nitrogens is 4. The summed E-state index contributed by atoms with van der Waals surface area (Å²) in [7, 11) is 1.89. The standard InChI is InChI=1S/C17H25F3N8.HI/c1-5-21-15(25-10-13-11(2)27-28(4)12(13)3)23-8-9-24-16-22-7-6-14(26-16)17(18,19)20;/h6-7H,5,8-10H2,1-4H3,(H2,21,23,25)(H,22,24,26);1H. The highest BCUT2D eigenvalue weighted by Gasteiger charge is 2.32. The third-order valence-electron chi connectivity index (χ3n) is 4.04. The van der Waals surface area contributed by atoms with E-state index in [0.717, 1.165) is 29.2 Å². The third-order valence-corrected chi connectivity index (χ3v) is 4.04. The maximum atomic E-state index is 12.7. The maximum Gasteiger partial charge on any atom is 0.433 e. The Balaban J connectivity index is 0.00000420. The molecule has 0 saturated heterocycles. The van der Waals surface area contributed by atoms with Crippen LogP contribution in [0.5, 0.6) is 0 Å². The number of hydrogen-bond acceptors (Lipinski definition) is 5. The Bertz CT molecular complexity index is 819. The van der Waals surface area contributed by atoms with Crippen LogP contribution in [-0.2, 0) is 19.8 Å². The second kappa shape index (κ2) is 11.2. The monoisotopic (exact) mass is 526 g/mol. The first-order valence-electron chi connectivity index (χ1n) is 8.87. The lowest BCUT2D eigenvalue weighted by molar-refractivity contribution is -0.141. The van der Waals surface area contributed by atoms with E-state index in [0.29, 0.717) is 32.1 Å². The van der Waals surface area contributed by atoms with Gasteiger partial charge < -0.3 is 16.0 Å². The van der Waals surface area contributed by atoms with Gasteiger partial charge in [0.25, 0.3) is 0 Å². The summed E-state index contributed by atoms with van der Waals surface area (Å²) < 4.78 is 39.8. The van der Waals surface area contributed by atoms with Crippen molar-refractivity contribution in [1.82, 2.24) is 30.4 Å². The van der Waals surface area contributed by atoms with Crippen molar-refractivity contribution in [3.63, 3.8) is 0 Å². The van der Waals surface area contributed by atoms with Crippen LogP contribution in [0.2, 0.25) is 0 Å². The van der Waals surface area contributed by atoms with E-state index in [1.54, 1.807) is 0 Å². The van der Waals surface area contributed by atoms with Crippen LogP contribution < -0.4 is 16.0 Å². The molecule has 2 aromatic rings. The molecular weight excluding hydrogens is 500 g/mol. The smallest absolute Gasteiger partial charge is 0.357 e. The Morgan fingerprint density at radius 2 is 1.93 bits per heavy atom. The predicted molar refractivity (Wildman–Crippen MR) is 116 cm³/mol. The molecule has 0 radical (unpaired) electrons. The zero-order valence-corrected chi connectivity index (χ0v) is 19.1. The van der Waals surface area contributed by atoms with E-state index >= 15 is 0 Å². The molecule has 0 aliphatic heterocycles. The molecule has 3 N–H and O–H groups in total. The normalized spacial score (nSPS) is 11.8. The van der Waals surface area contributed by atoms with Crippen molar-refractivity contribution in [1.29, 1.82) is 0 Å². The Hall–Kier alpha value is -2.12. The number of nitrogens with one attached hydrogen (secondary N) is 3. The van der Waals surface area contributed by atoms with E-state index in [9.17, 15) is 13.2 Å². The molecule has 0 saturated carbocycles. The lowest BCUT2D eigenvalue weighted by Gasteiger charge is -2.12. The molecule has 162 valence electrons. The first-order chi connectivity index (χ1) is 13.2. The number of nitrogens with zero attached hydrogens (tertiary/aromatic N) is 5. The van der Waals surface area contributed by atoms with Gasteiger partial charge in [-0.05, 0) is 26.8 Å². The molecule has 0 aromatic carbocycles. The van der Waals surface area contributed by atoms with Gasteiger partial charge >= 0.3 is 6.18 Å². The Kier molecular flexibility index (Phi) is 9.59. The summed E-state index contributed by atoms with van der Waals surface area (Å²) in [5.41, 5.74) is 2.08. The molecule has 2 heterocycles. The number of alkyl halides is 3. The summed E-state index contributed by atoms with van der Waals surface area (Å²) in [6.45, 7) is 7.80. The lowest BCUT2D eigenvalue weighted by Crippen LogP contribution is -2.39. The van der Waals surface area contributed by atoms with Crippen molar-refractivity contribution in [2.24, 2.45) is 12.0 Å². The van der Waals surface area contributed by atoms with Crippen molar-refractivity contribution < 1.29 is 13.2 Å². The molecule has 29 heavy (non-hydrogen) atoms. The molecule has 0 atom stereocenters. The number of halogens is 4. The minimum absolute atomic E-state index is 0. The van der Waals surface area contributed by atoms with Gasteiger partial charge in [-0.3, -0.25) is 4.68 Å². The third kappa shape index (κ3) is 7.33. The Morgan fingerprint density at radius 3 is 2.52 bits per heavy atom. The zero-order chi connectivity index (χ0) is 20.7. The fourth-order valence-corrected chi connectivity index (χ4v) is 2.50. The van der Waals surface area contributed by atoms with Gasteiger partial charge in [0.1, 0.15) is 5.69 Å². The van der Waals surface area contributed by atoms with Crippen LogP contribution in [0.4, 0.5) is 19.1 Å². The average Bonchev–Trinajstić information content (AvgIpc) is 2.88. The van der Waals surface area contributed by atoms with E-state index < -0.39 is 11.9 Å². The van der Waals surface area contributed by atoms with Gasteiger partial charge in [-0.1, -0.05) is 0 Å². The summed E-state index contributed by atoms with van der Waals surface area (Å²) >= 11 is 0. The molecule has 2 aromatic heterocycles. The molecule has 0 aliphatic rings. The molecule has 0 unspecified atom stereocenters. The van der Waals surface area contributed by atoms with E-state index in [4.69, 9.17) is 0 Å². The Morgan fingerprint density at radius 1 is 1.21 bits per heavy atom. The van der Waals surface area contributed by atoms with Crippen LogP contribution in [-0.4, -0.2) is 45.3 Å². The molecule has 0 spiro atoms. The number of aliphatic imine (C=N–C) groups is 1. The summed E-state index contributed by atoms with van der Waals surface area (Å²) in [5.74, 6) is 0.539. The van der Waals surface area contributed by atoms with Gasteiger partial charge in [-0.2, -0.15) is 18.3 Å². The lowest BCUT2D eigenvalue weighted by atomic mass is 10.2. The van der Waals surface area contributed by atoms with Crippen LogP contribution in [0, 0.1) is 13.8 Å².